The molecule has 2 aliphatic carbocycles. The minimum absolute atomic E-state index is 0.654. The third-order valence-electron chi connectivity index (χ3n) is 7.31. The summed E-state index contributed by atoms with van der Waals surface area (Å²) in [6, 6.07) is 0.660. The average molecular weight is 398 g/mol. The Hall–Kier alpha value is -1.24. The molecule has 1 saturated carbocycles. The lowest BCUT2D eigenvalue weighted by molar-refractivity contribution is 0.505. The molecule has 1 fully saturated rings. The van der Waals surface area contributed by atoms with E-state index in [1.165, 1.54) is 93.9 Å². The first-order valence-corrected chi connectivity index (χ1v) is 12.5. The second-order valence-corrected chi connectivity index (χ2v) is 9.54. The van der Waals surface area contributed by atoms with Gasteiger partial charge in [-0.3, -0.25) is 0 Å². The molecule has 29 heavy (non-hydrogen) atoms. The number of allylic oxidation sites excluding steroid dienone is 7. The van der Waals surface area contributed by atoms with Crippen molar-refractivity contribution in [2.45, 2.75) is 118 Å². The molecule has 2 aliphatic rings. The number of unbranched alkanes of at least 4 members (excludes halogenated alkanes) is 3. The van der Waals surface area contributed by atoms with Crippen molar-refractivity contribution < 1.29 is 0 Å². The summed E-state index contributed by atoms with van der Waals surface area (Å²) < 4.78 is 0. The maximum atomic E-state index is 4.42. The molecule has 2 rings (SSSR count). The second-order valence-electron chi connectivity index (χ2n) is 9.54. The molecule has 0 radical (unpaired) electrons. The Morgan fingerprint density at radius 1 is 1.14 bits per heavy atom. The van der Waals surface area contributed by atoms with Crippen LogP contribution in [0.4, 0.5) is 0 Å². The highest BCUT2D eigenvalue weighted by molar-refractivity contribution is 5.46. The molecule has 0 heterocycles. The Balaban J connectivity index is 1.63. The highest BCUT2D eigenvalue weighted by Crippen LogP contribution is 2.38. The zero-order valence-electron chi connectivity index (χ0n) is 20.1. The predicted octanol–water partition coefficient (Wildman–Crippen LogP) is 8.65. The van der Waals surface area contributed by atoms with Crippen molar-refractivity contribution in [1.29, 1.82) is 0 Å². The standard InChI is InChI=1S/C28H47N/c1-7-16-26(8-2)29-28-24(6)27(28)20-13-11-9-10-12-17-21(3)22(4)23(5)25-18-14-15-19-25/h13,20,24-26,29H,5,7-12,14-19H2,1-4,6H3/b20-13-,22-21-. The first-order valence-electron chi connectivity index (χ1n) is 12.5. The molecule has 0 aromatic rings. The molecular formula is C28H47N. The molecule has 2 atom stereocenters. The Kier molecular flexibility index (Phi) is 10.3. The third-order valence-corrected chi connectivity index (χ3v) is 7.31. The van der Waals surface area contributed by atoms with E-state index in [1.54, 1.807) is 11.1 Å². The highest BCUT2D eigenvalue weighted by Gasteiger charge is 2.31. The van der Waals surface area contributed by atoms with Crippen LogP contribution in [0.15, 0.2) is 46.7 Å². The summed E-state index contributed by atoms with van der Waals surface area (Å²) in [6.45, 7) is 15.9. The first-order chi connectivity index (χ1) is 14.0. The van der Waals surface area contributed by atoms with Crippen LogP contribution in [0.3, 0.4) is 0 Å². The fourth-order valence-corrected chi connectivity index (χ4v) is 4.83. The van der Waals surface area contributed by atoms with Crippen molar-refractivity contribution in [3.05, 3.63) is 46.7 Å². The average Bonchev–Trinajstić information content (AvgIpc) is 3.12. The summed E-state index contributed by atoms with van der Waals surface area (Å²) in [5.74, 6) is 1.42. The van der Waals surface area contributed by atoms with Crippen molar-refractivity contribution in [1.82, 2.24) is 5.32 Å². The van der Waals surface area contributed by atoms with E-state index in [0.29, 0.717) is 12.0 Å². The van der Waals surface area contributed by atoms with Gasteiger partial charge in [-0.25, -0.2) is 0 Å². The Labute approximate surface area is 181 Å². The van der Waals surface area contributed by atoms with Gasteiger partial charge in [0.2, 0.25) is 0 Å². The van der Waals surface area contributed by atoms with Gasteiger partial charge in [0, 0.05) is 17.7 Å². The van der Waals surface area contributed by atoms with Crippen molar-refractivity contribution in [3.63, 3.8) is 0 Å². The molecular weight excluding hydrogens is 350 g/mol. The van der Waals surface area contributed by atoms with Crippen LogP contribution in [0, 0.1) is 11.8 Å². The van der Waals surface area contributed by atoms with Gasteiger partial charge in [-0.15, -0.1) is 0 Å². The molecule has 1 N–H and O–H groups in total. The SMILES string of the molecule is C=C(/C(C)=C(/C)CCCCC/C=C\C1=C(NC(CC)CCC)C1C)C1CCCC1. The van der Waals surface area contributed by atoms with E-state index in [4.69, 9.17) is 0 Å². The quantitative estimate of drug-likeness (QED) is 0.228. The van der Waals surface area contributed by atoms with Gasteiger partial charge in [-0.2, -0.15) is 0 Å². The van der Waals surface area contributed by atoms with Gasteiger partial charge in [-0.1, -0.05) is 70.8 Å². The molecule has 0 aromatic carbocycles. The van der Waals surface area contributed by atoms with Gasteiger partial charge in [0.05, 0.1) is 0 Å². The fraction of sp³-hybridized carbons (Fsp3) is 0.714. The van der Waals surface area contributed by atoms with Crippen LogP contribution in [-0.4, -0.2) is 6.04 Å². The van der Waals surface area contributed by atoms with Crippen molar-refractivity contribution >= 4 is 0 Å². The number of rotatable bonds is 14. The van der Waals surface area contributed by atoms with Gasteiger partial charge < -0.3 is 5.32 Å². The molecule has 1 heteroatoms. The van der Waals surface area contributed by atoms with E-state index in [0.717, 1.165) is 5.92 Å². The first kappa shape index (κ1) is 24.0. The van der Waals surface area contributed by atoms with Crippen LogP contribution in [-0.2, 0) is 0 Å². The normalized spacial score (nSPS) is 21.6. The Morgan fingerprint density at radius 2 is 1.86 bits per heavy atom. The lowest BCUT2D eigenvalue weighted by Gasteiger charge is -2.16. The maximum absolute atomic E-state index is 4.42. The van der Waals surface area contributed by atoms with E-state index in [9.17, 15) is 0 Å². The van der Waals surface area contributed by atoms with Crippen molar-refractivity contribution in [2.75, 3.05) is 0 Å². The van der Waals surface area contributed by atoms with Crippen molar-refractivity contribution in [2.24, 2.45) is 11.8 Å². The van der Waals surface area contributed by atoms with Crippen LogP contribution in [0.2, 0.25) is 0 Å². The molecule has 1 nitrogen and oxygen atoms in total. The number of hydrogen-bond donors (Lipinski definition) is 1. The van der Waals surface area contributed by atoms with Crippen LogP contribution in [0.1, 0.15) is 112 Å². The van der Waals surface area contributed by atoms with Gasteiger partial charge in [0.15, 0.2) is 0 Å². The van der Waals surface area contributed by atoms with Crippen molar-refractivity contribution in [3.8, 4) is 0 Å². The van der Waals surface area contributed by atoms with Gasteiger partial charge in [0.25, 0.3) is 0 Å². The number of hydrogen-bond acceptors (Lipinski definition) is 1. The minimum atomic E-state index is 0.654. The van der Waals surface area contributed by atoms with Gasteiger partial charge in [0.1, 0.15) is 0 Å². The largest absolute Gasteiger partial charge is 0.385 e. The van der Waals surface area contributed by atoms with Gasteiger partial charge >= 0.3 is 0 Å². The predicted molar refractivity (Wildman–Crippen MR) is 130 cm³/mol. The lowest BCUT2D eigenvalue weighted by atomic mass is 9.89. The van der Waals surface area contributed by atoms with Gasteiger partial charge in [-0.05, 0) is 87.9 Å². The summed E-state index contributed by atoms with van der Waals surface area (Å²) in [6.07, 6.45) is 20.5. The minimum Gasteiger partial charge on any atom is -0.385 e. The zero-order chi connectivity index (χ0) is 21.2. The maximum Gasteiger partial charge on any atom is 0.0255 e. The lowest BCUT2D eigenvalue weighted by Crippen LogP contribution is -2.25. The Morgan fingerprint density at radius 3 is 2.52 bits per heavy atom. The van der Waals surface area contributed by atoms with Crippen LogP contribution < -0.4 is 5.32 Å². The molecule has 0 saturated heterocycles. The summed E-state index contributed by atoms with van der Waals surface area (Å²) in [4.78, 5) is 0. The summed E-state index contributed by atoms with van der Waals surface area (Å²) in [5.41, 5.74) is 7.55. The zero-order valence-corrected chi connectivity index (χ0v) is 20.1. The molecule has 0 aliphatic heterocycles. The summed E-state index contributed by atoms with van der Waals surface area (Å²) >= 11 is 0. The Bertz CT molecular complexity index is 612. The molecule has 164 valence electrons. The van der Waals surface area contributed by atoms with Crippen LogP contribution in [0.5, 0.6) is 0 Å². The monoisotopic (exact) mass is 397 g/mol. The van der Waals surface area contributed by atoms with E-state index in [-0.39, 0.29) is 0 Å². The van der Waals surface area contributed by atoms with E-state index in [2.05, 4.69) is 58.7 Å². The summed E-state index contributed by atoms with van der Waals surface area (Å²) in [5, 5.41) is 3.77. The smallest absolute Gasteiger partial charge is 0.0255 e. The molecule has 0 spiro atoms. The van der Waals surface area contributed by atoms with E-state index in [1.807, 2.05) is 0 Å². The summed E-state index contributed by atoms with van der Waals surface area (Å²) in [7, 11) is 0. The molecule has 0 bridgehead atoms. The highest BCUT2D eigenvalue weighted by atomic mass is 15.0. The van der Waals surface area contributed by atoms with Crippen LogP contribution in [0.25, 0.3) is 0 Å². The number of nitrogens with one attached hydrogen (secondary N) is 1. The van der Waals surface area contributed by atoms with E-state index < -0.39 is 0 Å². The third kappa shape index (κ3) is 7.50. The van der Waals surface area contributed by atoms with E-state index >= 15 is 0 Å². The van der Waals surface area contributed by atoms with Crippen LogP contribution >= 0.6 is 0 Å². The molecule has 2 unspecified atom stereocenters. The fourth-order valence-electron chi connectivity index (χ4n) is 4.83. The second kappa shape index (κ2) is 12.5. The molecule has 0 aromatic heterocycles. The molecule has 0 amide bonds. The topological polar surface area (TPSA) is 12.0 Å².